The van der Waals surface area contributed by atoms with E-state index >= 15 is 0 Å². The molecule has 1 fully saturated rings. The van der Waals surface area contributed by atoms with Crippen LogP contribution in [0, 0.1) is 5.82 Å². The second-order valence-corrected chi connectivity index (χ2v) is 10.5. The molecule has 4 rings (SSSR count). The second kappa shape index (κ2) is 9.22. The monoisotopic (exact) mass is 491 g/mol. The summed E-state index contributed by atoms with van der Waals surface area (Å²) < 4.78 is 50.6. The van der Waals surface area contributed by atoms with Gasteiger partial charge in [0.25, 0.3) is 5.91 Å². The number of nitrogens with zero attached hydrogens (tertiary/aromatic N) is 2. The summed E-state index contributed by atoms with van der Waals surface area (Å²) in [7, 11) is -3.74. The Labute approximate surface area is 197 Å². The third-order valence-corrected chi connectivity index (χ3v) is 7.21. The largest absolute Gasteiger partial charge is 0.486 e. The molecule has 2 heterocycles. The Morgan fingerprint density at radius 1 is 1.15 bits per heavy atom. The van der Waals surface area contributed by atoms with E-state index in [0.29, 0.717) is 36.0 Å². The smallest absolute Gasteiger partial charge is 0.251 e. The minimum Gasteiger partial charge on any atom is -0.486 e. The number of fused-ring (bicyclic) bond motifs is 1. The first-order valence-corrected chi connectivity index (χ1v) is 12.6. The first-order chi connectivity index (χ1) is 16.1. The molecule has 1 N–H and O–H groups in total. The maximum Gasteiger partial charge on any atom is 0.251 e. The van der Waals surface area contributed by atoms with Gasteiger partial charge in [0.05, 0.1) is 12.8 Å². The Morgan fingerprint density at radius 3 is 2.56 bits per heavy atom. The predicted molar refractivity (Wildman–Crippen MR) is 123 cm³/mol. The van der Waals surface area contributed by atoms with Gasteiger partial charge in [0, 0.05) is 24.8 Å². The number of hydrogen-bond acceptors (Lipinski definition) is 6. The van der Waals surface area contributed by atoms with E-state index in [0.717, 1.165) is 10.6 Å². The van der Waals surface area contributed by atoms with Crippen molar-refractivity contribution in [2.24, 2.45) is 0 Å². The number of carbonyl (C=O) groups excluding carboxylic acids is 2. The molecule has 182 valence electrons. The summed E-state index contributed by atoms with van der Waals surface area (Å²) in [5.74, 6) is -0.486. The van der Waals surface area contributed by atoms with Crippen LogP contribution in [0.1, 0.15) is 12.5 Å². The summed E-state index contributed by atoms with van der Waals surface area (Å²) in [4.78, 5) is 27.9. The van der Waals surface area contributed by atoms with Crippen LogP contribution in [0.25, 0.3) is 0 Å². The number of carbonyl (C=O) groups is 2. The van der Waals surface area contributed by atoms with E-state index < -0.39 is 33.2 Å². The summed E-state index contributed by atoms with van der Waals surface area (Å²) in [6, 6.07) is 11.1. The van der Waals surface area contributed by atoms with Crippen LogP contribution < -0.4 is 14.8 Å². The summed E-state index contributed by atoms with van der Waals surface area (Å²) in [5, 5.41) is 2.77. The summed E-state index contributed by atoms with van der Waals surface area (Å²) in [6.07, 6.45) is 1.17. The number of benzene rings is 2. The van der Waals surface area contributed by atoms with Gasteiger partial charge in [-0.2, -0.15) is 4.31 Å². The van der Waals surface area contributed by atoms with Crippen molar-refractivity contribution in [3.05, 3.63) is 53.8 Å². The van der Waals surface area contributed by atoms with Gasteiger partial charge in [-0.3, -0.25) is 9.59 Å². The number of piperazine rings is 1. The molecule has 0 aromatic heterocycles. The lowest BCUT2D eigenvalue weighted by molar-refractivity contribution is -0.150. The van der Waals surface area contributed by atoms with E-state index in [2.05, 4.69) is 5.32 Å². The lowest BCUT2D eigenvalue weighted by atomic mass is 9.94. The zero-order valence-corrected chi connectivity index (χ0v) is 19.7. The molecule has 11 heteroatoms. The molecule has 0 saturated carbocycles. The van der Waals surface area contributed by atoms with E-state index in [4.69, 9.17) is 9.47 Å². The molecule has 2 aromatic rings. The van der Waals surface area contributed by atoms with Crippen LogP contribution in [-0.2, 0) is 26.0 Å². The first-order valence-electron chi connectivity index (χ1n) is 10.8. The van der Waals surface area contributed by atoms with Crippen LogP contribution in [-0.4, -0.2) is 74.1 Å². The van der Waals surface area contributed by atoms with Crippen molar-refractivity contribution in [1.82, 2.24) is 9.21 Å². The van der Waals surface area contributed by atoms with E-state index in [1.165, 1.54) is 17.9 Å². The summed E-state index contributed by atoms with van der Waals surface area (Å²) in [5.41, 5.74) is -0.722. The van der Waals surface area contributed by atoms with Gasteiger partial charge in [0.15, 0.2) is 11.5 Å². The van der Waals surface area contributed by atoms with Gasteiger partial charge in [-0.25, -0.2) is 12.8 Å². The van der Waals surface area contributed by atoms with E-state index in [1.807, 2.05) is 0 Å². The number of rotatable bonds is 6. The van der Waals surface area contributed by atoms with Gasteiger partial charge in [0.2, 0.25) is 15.9 Å². The summed E-state index contributed by atoms with van der Waals surface area (Å²) >= 11 is 0. The molecule has 2 aliphatic heterocycles. The van der Waals surface area contributed by atoms with Crippen LogP contribution in [0.2, 0.25) is 0 Å². The number of hydrogen-bond donors (Lipinski definition) is 1. The molecule has 0 bridgehead atoms. The Kier molecular flexibility index (Phi) is 6.50. The number of halogens is 1. The van der Waals surface area contributed by atoms with E-state index in [-0.39, 0.29) is 26.1 Å². The average Bonchev–Trinajstić information content (AvgIpc) is 2.79. The van der Waals surface area contributed by atoms with E-state index in [9.17, 15) is 22.4 Å². The highest BCUT2D eigenvalue weighted by molar-refractivity contribution is 7.88. The molecular formula is C23H26FN3O6S. The maximum absolute atomic E-state index is 14.1. The Hall–Kier alpha value is -3.18. The van der Waals surface area contributed by atoms with Gasteiger partial charge >= 0.3 is 0 Å². The SMILES string of the molecule is CC1(C(=O)Nc2ccc3c(c2)OCCO3)CN(S(C)(=O)=O)CC(=O)N1CCc1ccccc1F. The Bertz CT molecular complexity index is 1220. The molecule has 0 aliphatic carbocycles. The normalized spacial score (nSPS) is 20.8. The lowest BCUT2D eigenvalue weighted by Crippen LogP contribution is -2.69. The molecule has 1 atom stereocenters. The number of nitrogens with one attached hydrogen (secondary N) is 1. The Morgan fingerprint density at radius 2 is 1.85 bits per heavy atom. The van der Waals surface area contributed by atoms with E-state index in [1.54, 1.807) is 36.4 Å². The summed E-state index contributed by atoms with van der Waals surface area (Å²) in [6.45, 7) is 1.74. The zero-order chi connectivity index (χ0) is 24.5. The van der Waals surface area contributed by atoms with Crippen LogP contribution in [0.3, 0.4) is 0 Å². The van der Waals surface area contributed by atoms with Crippen LogP contribution >= 0.6 is 0 Å². The van der Waals surface area contributed by atoms with Crippen LogP contribution in [0.15, 0.2) is 42.5 Å². The zero-order valence-electron chi connectivity index (χ0n) is 18.9. The fraction of sp³-hybridized carbons (Fsp3) is 0.391. The highest BCUT2D eigenvalue weighted by atomic mass is 32.2. The van der Waals surface area contributed by atoms with Crippen molar-refractivity contribution in [3.8, 4) is 11.5 Å². The van der Waals surface area contributed by atoms with Gasteiger partial charge in [-0.05, 0) is 37.1 Å². The fourth-order valence-electron chi connectivity index (χ4n) is 4.12. The number of ether oxygens (including phenoxy) is 2. The average molecular weight is 492 g/mol. The number of sulfonamides is 1. The lowest BCUT2D eigenvalue weighted by Gasteiger charge is -2.46. The highest BCUT2D eigenvalue weighted by Crippen LogP contribution is 2.33. The van der Waals surface area contributed by atoms with Gasteiger partial charge in [-0.1, -0.05) is 18.2 Å². The standard InChI is InChI=1S/C23H26FN3O6S/c1-23(22(29)25-17-7-8-19-20(13-17)33-12-11-32-19)15-26(34(2,30)31)14-21(28)27(23)10-9-16-5-3-4-6-18(16)24/h3-8,13H,9-12,14-15H2,1-2H3,(H,25,29). The third kappa shape index (κ3) is 4.85. The van der Waals surface area contributed by atoms with Crippen molar-refractivity contribution >= 4 is 27.5 Å². The van der Waals surface area contributed by atoms with Crippen molar-refractivity contribution in [1.29, 1.82) is 0 Å². The quantitative estimate of drug-likeness (QED) is 0.659. The molecule has 34 heavy (non-hydrogen) atoms. The first kappa shape index (κ1) is 24.0. The van der Waals surface area contributed by atoms with Crippen LogP contribution in [0.4, 0.5) is 10.1 Å². The molecule has 9 nitrogen and oxygen atoms in total. The topological polar surface area (TPSA) is 105 Å². The Balaban J connectivity index is 1.61. The highest BCUT2D eigenvalue weighted by Gasteiger charge is 2.49. The minimum atomic E-state index is -3.74. The molecule has 0 spiro atoms. The van der Waals surface area contributed by atoms with Crippen LogP contribution in [0.5, 0.6) is 11.5 Å². The molecule has 0 radical (unpaired) electrons. The van der Waals surface area contributed by atoms with Crippen molar-refractivity contribution in [2.45, 2.75) is 18.9 Å². The minimum absolute atomic E-state index is 0.0441. The maximum atomic E-state index is 14.1. The predicted octanol–water partition coefficient (Wildman–Crippen LogP) is 1.64. The van der Waals surface area contributed by atoms with Gasteiger partial charge in [0.1, 0.15) is 24.6 Å². The molecule has 2 aliphatic rings. The fourth-order valence-corrected chi connectivity index (χ4v) is 4.95. The van der Waals surface area contributed by atoms with Crippen molar-refractivity contribution in [3.63, 3.8) is 0 Å². The third-order valence-electron chi connectivity index (χ3n) is 6.01. The molecule has 1 unspecified atom stereocenters. The van der Waals surface area contributed by atoms with Crippen molar-refractivity contribution in [2.75, 3.05) is 44.4 Å². The second-order valence-electron chi connectivity index (χ2n) is 8.50. The number of amides is 2. The molecular weight excluding hydrogens is 465 g/mol. The number of anilines is 1. The molecule has 1 saturated heterocycles. The molecule has 2 amide bonds. The van der Waals surface area contributed by atoms with Gasteiger partial charge in [-0.15, -0.1) is 0 Å². The van der Waals surface area contributed by atoms with Gasteiger partial charge < -0.3 is 19.7 Å². The molecule has 2 aromatic carbocycles. The van der Waals surface area contributed by atoms with Crippen molar-refractivity contribution < 1.29 is 31.9 Å².